The second kappa shape index (κ2) is 3.41. The Morgan fingerprint density at radius 2 is 2.06 bits per heavy atom. The zero-order chi connectivity index (χ0) is 11.0. The van der Waals surface area contributed by atoms with E-state index in [4.69, 9.17) is 0 Å². The van der Waals surface area contributed by atoms with Gasteiger partial charge in [0.15, 0.2) is 5.65 Å². The van der Waals surface area contributed by atoms with Crippen LogP contribution in [0.3, 0.4) is 0 Å². The zero-order valence-electron chi connectivity index (χ0n) is 8.34. The molecule has 0 aliphatic rings. The first-order valence-corrected chi connectivity index (χ1v) is 4.89. The third-order valence-corrected chi connectivity index (χ3v) is 2.36. The summed E-state index contributed by atoms with van der Waals surface area (Å²) in [6.07, 6.45) is 3.51. The van der Waals surface area contributed by atoms with Crippen molar-refractivity contribution in [3.05, 3.63) is 54.6 Å². The van der Waals surface area contributed by atoms with Gasteiger partial charge in [-0.1, -0.05) is 12.1 Å². The first kappa shape index (κ1) is 9.03. The minimum atomic E-state index is -0.262. The molecule has 2 aromatic heterocycles. The Labute approximate surface area is 91.2 Å². The molecule has 1 aromatic carbocycles. The van der Waals surface area contributed by atoms with Gasteiger partial charge in [-0.2, -0.15) is 5.10 Å². The maximum absolute atomic E-state index is 13.1. The minimum Gasteiger partial charge on any atom is -0.237 e. The molecule has 0 N–H and O–H groups in total. The molecular weight excluding hydrogens is 205 g/mol. The molecule has 3 nitrogen and oxygen atoms in total. The molecule has 0 bridgehead atoms. The number of rotatable bonds is 1. The van der Waals surface area contributed by atoms with Crippen molar-refractivity contribution in [2.75, 3.05) is 0 Å². The van der Waals surface area contributed by atoms with Crippen LogP contribution in [0.1, 0.15) is 0 Å². The number of nitrogens with zero attached hydrogens (tertiary/aromatic N) is 3. The van der Waals surface area contributed by atoms with Crippen LogP contribution in [0.2, 0.25) is 0 Å². The fourth-order valence-corrected chi connectivity index (χ4v) is 1.62. The van der Waals surface area contributed by atoms with Gasteiger partial charge in [0.1, 0.15) is 5.82 Å². The monoisotopic (exact) mass is 213 g/mol. The van der Waals surface area contributed by atoms with Crippen LogP contribution in [0.4, 0.5) is 4.39 Å². The van der Waals surface area contributed by atoms with Crippen molar-refractivity contribution in [2.24, 2.45) is 0 Å². The molecule has 0 saturated carbocycles. The standard InChI is InChI=1S/C12H8FN3/c13-10-4-1-3-9(7-10)11-8-12-14-5-2-6-16(12)15-11/h1-8H. The lowest BCUT2D eigenvalue weighted by Crippen LogP contribution is -1.87. The van der Waals surface area contributed by atoms with Crippen LogP contribution in [0.5, 0.6) is 0 Å². The van der Waals surface area contributed by atoms with E-state index in [0.717, 1.165) is 16.9 Å². The summed E-state index contributed by atoms with van der Waals surface area (Å²) >= 11 is 0. The number of hydrogen-bond acceptors (Lipinski definition) is 2. The molecule has 4 heteroatoms. The predicted octanol–water partition coefficient (Wildman–Crippen LogP) is 2.54. The van der Waals surface area contributed by atoms with E-state index in [2.05, 4.69) is 10.1 Å². The number of benzene rings is 1. The molecule has 78 valence electrons. The Hall–Kier alpha value is -2.23. The van der Waals surface area contributed by atoms with Gasteiger partial charge in [0, 0.05) is 24.0 Å². The van der Waals surface area contributed by atoms with Crippen LogP contribution in [0, 0.1) is 5.82 Å². The fraction of sp³-hybridized carbons (Fsp3) is 0. The summed E-state index contributed by atoms with van der Waals surface area (Å²) in [6.45, 7) is 0. The van der Waals surface area contributed by atoms with Crippen molar-refractivity contribution in [2.45, 2.75) is 0 Å². The van der Waals surface area contributed by atoms with E-state index in [1.807, 2.05) is 18.3 Å². The number of aromatic nitrogens is 3. The Bertz CT molecular complexity index is 612. The van der Waals surface area contributed by atoms with Gasteiger partial charge in [-0.3, -0.25) is 0 Å². The van der Waals surface area contributed by atoms with Crippen LogP contribution >= 0.6 is 0 Å². The molecule has 0 saturated heterocycles. The van der Waals surface area contributed by atoms with E-state index in [1.165, 1.54) is 12.1 Å². The molecule has 0 spiro atoms. The summed E-state index contributed by atoms with van der Waals surface area (Å²) in [5.41, 5.74) is 2.23. The van der Waals surface area contributed by atoms with Gasteiger partial charge < -0.3 is 0 Å². The van der Waals surface area contributed by atoms with E-state index in [0.29, 0.717) is 0 Å². The molecule has 0 unspecified atom stereocenters. The average molecular weight is 213 g/mol. The van der Waals surface area contributed by atoms with Gasteiger partial charge in [0.25, 0.3) is 0 Å². The second-order valence-corrected chi connectivity index (χ2v) is 3.46. The van der Waals surface area contributed by atoms with Crippen LogP contribution in [-0.4, -0.2) is 14.6 Å². The highest BCUT2D eigenvalue weighted by molar-refractivity contribution is 5.63. The second-order valence-electron chi connectivity index (χ2n) is 3.46. The summed E-state index contributed by atoms with van der Waals surface area (Å²) in [5.74, 6) is -0.262. The van der Waals surface area contributed by atoms with Crippen molar-refractivity contribution >= 4 is 5.65 Å². The summed E-state index contributed by atoms with van der Waals surface area (Å²) < 4.78 is 14.7. The van der Waals surface area contributed by atoms with Gasteiger partial charge >= 0.3 is 0 Å². The highest BCUT2D eigenvalue weighted by Gasteiger charge is 2.04. The predicted molar refractivity (Wildman–Crippen MR) is 58.4 cm³/mol. The normalized spacial score (nSPS) is 10.8. The average Bonchev–Trinajstić information content (AvgIpc) is 2.72. The third-order valence-electron chi connectivity index (χ3n) is 2.36. The molecule has 0 radical (unpaired) electrons. The molecule has 0 atom stereocenters. The Morgan fingerprint density at radius 1 is 1.12 bits per heavy atom. The first-order chi connectivity index (χ1) is 7.83. The lowest BCUT2D eigenvalue weighted by Gasteiger charge is -1.94. The van der Waals surface area contributed by atoms with Crippen LogP contribution in [0.25, 0.3) is 16.9 Å². The van der Waals surface area contributed by atoms with Crippen LogP contribution in [0.15, 0.2) is 48.8 Å². The van der Waals surface area contributed by atoms with Gasteiger partial charge in [-0.25, -0.2) is 13.9 Å². The van der Waals surface area contributed by atoms with Gasteiger partial charge in [-0.15, -0.1) is 0 Å². The maximum Gasteiger partial charge on any atom is 0.155 e. The van der Waals surface area contributed by atoms with E-state index in [1.54, 1.807) is 22.8 Å². The van der Waals surface area contributed by atoms with E-state index in [-0.39, 0.29) is 5.82 Å². The molecule has 0 aliphatic carbocycles. The molecule has 2 heterocycles. The number of fused-ring (bicyclic) bond motifs is 1. The lowest BCUT2D eigenvalue weighted by molar-refractivity contribution is 0.628. The first-order valence-electron chi connectivity index (χ1n) is 4.89. The van der Waals surface area contributed by atoms with E-state index >= 15 is 0 Å². The van der Waals surface area contributed by atoms with Gasteiger partial charge in [0.2, 0.25) is 0 Å². The topological polar surface area (TPSA) is 30.2 Å². The lowest BCUT2D eigenvalue weighted by atomic mass is 10.1. The molecule has 3 rings (SSSR count). The molecule has 0 amide bonds. The molecular formula is C12H8FN3. The van der Waals surface area contributed by atoms with E-state index < -0.39 is 0 Å². The van der Waals surface area contributed by atoms with Crippen molar-refractivity contribution < 1.29 is 4.39 Å². The summed E-state index contributed by atoms with van der Waals surface area (Å²) in [5, 5.41) is 4.31. The number of hydrogen-bond donors (Lipinski definition) is 0. The highest BCUT2D eigenvalue weighted by atomic mass is 19.1. The Balaban J connectivity index is 2.19. The summed E-state index contributed by atoms with van der Waals surface area (Å²) in [6, 6.07) is 10.00. The Kier molecular flexibility index (Phi) is 1.93. The van der Waals surface area contributed by atoms with Crippen LogP contribution in [-0.2, 0) is 0 Å². The molecule has 0 fully saturated rings. The van der Waals surface area contributed by atoms with Gasteiger partial charge in [-0.05, 0) is 18.2 Å². The maximum atomic E-state index is 13.1. The van der Waals surface area contributed by atoms with Crippen molar-refractivity contribution in [1.29, 1.82) is 0 Å². The largest absolute Gasteiger partial charge is 0.237 e. The SMILES string of the molecule is Fc1cccc(-c2cc3ncccn3n2)c1. The molecule has 3 aromatic rings. The fourth-order valence-electron chi connectivity index (χ4n) is 1.62. The molecule has 0 aliphatic heterocycles. The summed E-state index contributed by atoms with van der Waals surface area (Å²) in [4.78, 5) is 4.16. The number of halogens is 1. The molecule has 16 heavy (non-hydrogen) atoms. The third kappa shape index (κ3) is 1.44. The van der Waals surface area contributed by atoms with Gasteiger partial charge in [0.05, 0.1) is 5.69 Å². The summed E-state index contributed by atoms with van der Waals surface area (Å²) in [7, 11) is 0. The van der Waals surface area contributed by atoms with Crippen LogP contribution < -0.4 is 0 Å². The van der Waals surface area contributed by atoms with E-state index in [9.17, 15) is 4.39 Å². The zero-order valence-corrected chi connectivity index (χ0v) is 8.34. The van der Waals surface area contributed by atoms with Crippen molar-refractivity contribution in [3.63, 3.8) is 0 Å². The smallest absolute Gasteiger partial charge is 0.155 e. The minimum absolute atomic E-state index is 0.262. The van der Waals surface area contributed by atoms with Crippen molar-refractivity contribution in [1.82, 2.24) is 14.6 Å². The quantitative estimate of drug-likeness (QED) is 0.621. The Morgan fingerprint density at radius 3 is 2.88 bits per heavy atom. The highest BCUT2D eigenvalue weighted by Crippen LogP contribution is 2.19. The van der Waals surface area contributed by atoms with Crippen molar-refractivity contribution in [3.8, 4) is 11.3 Å².